The molecule has 6 heteroatoms. The molecule has 0 spiro atoms. The molecule has 0 amide bonds. The van der Waals surface area contributed by atoms with Crippen LogP contribution < -0.4 is 10.9 Å². The molecule has 5 nitrogen and oxygen atoms in total. The number of pyridine rings is 1. The van der Waals surface area contributed by atoms with Gasteiger partial charge in [0.1, 0.15) is 0 Å². The van der Waals surface area contributed by atoms with Crippen molar-refractivity contribution in [1.82, 2.24) is 20.1 Å². The molecule has 0 saturated carbocycles. The first-order valence-electron chi connectivity index (χ1n) is 8.93. The second-order valence-electron chi connectivity index (χ2n) is 6.67. The second kappa shape index (κ2) is 7.48. The molecule has 134 valence electrons. The lowest BCUT2D eigenvalue weighted by atomic mass is 9.93. The summed E-state index contributed by atoms with van der Waals surface area (Å²) < 4.78 is 1.55. The molecule has 2 aromatic heterocycles. The fourth-order valence-electron chi connectivity index (χ4n) is 3.54. The molecule has 1 unspecified atom stereocenters. The third kappa shape index (κ3) is 3.59. The van der Waals surface area contributed by atoms with Crippen molar-refractivity contribution in [3.8, 4) is 5.82 Å². The molecular weight excluding hydrogens is 348 g/mol. The first kappa shape index (κ1) is 17.1. The Morgan fingerprint density at radius 1 is 1.27 bits per heavy atom. The highest BCUT2D eigenvalue weighted by Gasteiger charge is 2.24. The Morgan fingerprint density at radius 3 is 3.00 bits per heavy atom. The van der Waals surface area contributed by atoms with Crippen LogP contribution >= 0.6 is 11.6 Å². The van der Waals surface area contributed by atoms with E-state index in [2.05, 4.69) is 21.5 Å². The van der Waals surface area contributed by atoms with Crippen LogP contribution in [0.5, 0.6) is 0 Å². The lowest BCUT2D eigenvalue weighted by Gasteiger charge is -2.22. The third-order valence-corrected chi connectivity index (χ3v) is 5.11. The standard InChI is InChI=1S/C20H21ClN4O/c21-15-5-3-4-14(12-15)9-11-22-16-7-8-18-17(13-16)20(26)25(24-18)19-6-1-2-10-23-19/h1-6,10,12,16,22,24H,7-9,11,13H2. The zero-order chi connectivity index (χ0) is 17.9. The molecule has 2 N–H and O–H groups in total. The zero-order valence-electron chi connectivity index (χ0n) is 14.4. The smallest absolute Gasteiger partial charge is 0.276 e. The van der Waals surface area contributed by atoms with Gasteiger partial charge in [-0.15, -0.1) is 0 Å². The van der Waals surface area contributed by atoms with Gasteiger partial charge in [0, 0.05) is 28.5 Å². The average molecular weight is 369 g/mol. The molecule has 0 radical (unpaired) electrons. The number of nitrogens with one attached hydrogen (secondary N) is 2. The van der Waals surface area contributed by atoms with Crippen molar-refractivity contribution in [2.45, 2.75) is 31.7 Å². The maximum atomic E-state index is 12.7. The number of hydrogen-bond donors (Lipinski definition) is 2. The molecule has 4 rings (SSSR count). The van der Waals surface area contributed by atoms with Crippen LogP contribution in [-0.2, 0) is 19.3 Å². The van der Waals surface area contributed by atoms with Gasteiger partial charge in [-0.1, -0.05) is 29.8 Å². The quantitative estimate of drug-likeness (QED) is 0.727. The molecule has 1 aliphatic carbocycles. The molecule has 1 aromatic carbocycles. The number of hydrogen-bond acceptors (Lipinski definition) is 3. The van der Waals surface area contributed by atoms with Crippen molar-refractivity contribution in [3.05, 3.63) is 80.9 Å². The molecule has 26 heavy (non-hydrogen) atoms. The van der Waals surface area contributed by atoms with Gasteiger partial charge < -0.3 is 5.32 Å². The van der Waals surface area contributed by atoms with Crippen LogP contribution in [0.3, 0.4) is 0 Å². The summed E-state index contributed by atoms with van der Waals surface area (Å²) in [5, 5.41) is 7.58. The van der Waals surface area contributed by atoms with Gasteiger partial charge in [0.25, 0.3) is 5.56 Å². The lowest BCUT2D eigenvalue weighted by Crippen LogP contribution is -2.37. The number of H-pyrrole nitrogens is 1. The van der Waals surface area contributed by atoms with Crippen molar-refractivity contribution in [1.29, 1.82) is 0 Å². The normalized spacial score (nSPS) is 16.4. The molecule has 0 aliphatic heterocycles. The number of halogens is 1. The molecule has 1 atom stereocenters. The highest BCUT2D eigenvalue weighted by Crippen LogP contribution is 2.18. The maximum Gasteiger partial charge on any atom is 0.276 e. The van der Waals surface area contributed by atoms with E-state index < -0.39 is 0 Å². The number of aromatic nitrogens is 3. The summed E-state index contributed by atoms with van der Waals surface area (Å²) in [6.45, 7) is 0.874. The Balaban J connectivity index is 1.42. The Morgan fingerprint density at radius 2 is 2.19 bits per heavy atom. The molecule has 0 fully saturated rings. The Bertz CT molecular complexity index is 948. The summed E-state index contributed by atoms with van der Waals surface area (Å²) in [5.41, 5.74) is 3.15. The fraction of sp³-hybridized carbons (Fsp3) is 0.300. The number of nitrogens with zero attached hydrogens (tertiary/aromatic N) is 2. The lowest BCUT2D eigenvalue weighted by molar-refractivity contribution is 0.458. The van der Waals surface area contributed by atoms with Gasteiger partial charge >= 0.3 is 0 Å². The summed E-state index contributed by atoms with van der Waals surface area (Å²) in [4.78, 5) is 17.0. The van der Waals surface area contributed by atoms with E-state index in [4.69, 9.17) is 11.6 Å². The van der Waals surface area contributed by atoms with Crippen LogP contribution in [-0.4, -0.2) is 27.4 Å². The van der Waals surface area contributed by atoms with E-state index in [1.54, 1.807) is 10.9 Å². The molecule has 1 aliphatic rings. The van der Waals surface area contributed by atoms with E-state index >= 15 is 0 Å². The zero-order valence-corrected chi connectivity index (χ0v) is 15.2. The Labute approximate surface area is 157 Å². The van der Waals surface area contributed by atoms with Gasteiger partial charge in [0.15, 0.2) is 5.82 Å². The first-order chi connectivity index (χ1) is 12.7. The van der Waals surface area contributed by atoms with Crippen LogP contribution in [0.1, 0.15) is 23.2 Å². The average Bonchev–Trinajstić information content (AvgIpc) is 2.99. The largest absolute Gasteiger partial charge is 0.313 e. The minimum atomic E-state index is 0.0139. The second-order valence-corrected chi connectivity index (χ2v) is 7.11. The van der Waals surface area contributed by atoms with E-state index in [-0.39, 0.29) is 5.56 Å². The Kier molecular flexibility index (Phi) is 4.91. The van der Waals surface area contributed by atoms with Gasteiger partial charge in [-0.2, -0.15) is 0 Å². The minimum absolute atomic E-state index is 0.0139. The van der Waals surface area contributed by atoms with Crippen LogP contribution in [0.2, 0.25) is 5.02 Å². The van der Waals surface area contributed by atoms with Crippen molar-refractivity contribution in [2.75, 3.05) is 6.54 Å². The summed E-state index contributed by atoms with van der Waals surface area (Å²) in [6, 6.07) is 13.8. The van der Waals surface area contributed by atoms with Gasteiger partial charge in [0.2, 0.25) is 0 Å². The van der Waals surface area contributed by atoms with Gasteiger partial charge in [-0.3, -0.25) is 9.89 Å². The fourth-order valence-corrected chi connectivity index (χ4v) is 3.75. The molecule has 0 bridgehead atoms. The van der Waals surface area contributed by atoms with E-state index in [1.165, 1.54) is 5.56 Å². The first-order valence-corrected chi connectivity index (χ1v) is 9.30. The number of rotatable bonds is 5. The van der Waals surface area contributed by atoms with Crippen LogP contribution in [0.15, 0.2) is 53.5 Å². The molecule has 0 saturated heterocycles. The van der Waals surface area contributed by atoms with Crippen LogP contribution in [0.4, 0.5) is 0 Å². The summed E-state index contributed by atoms with van der Waals surface area (Å²) in [7, 11) is 0. The Hall–Kier alpha value is -2.37. The number of aromatic amines is 1. The SMILES string of the molecule is O=c1c2c([nH]n1-c1ccccn1)CCC(NCCc1cccc(Cl)c1)C2. The number of aryl methyl sites for hydroxylation is 1. The van der Waals surface area contributed by atoms with Crippen LogP contribution in [0.25, 0.3) is 5.82 Å². The molecule has 2 heterocycles. The van der Waals surface area contributed by atoms with Crippen molar-refractivity contribution in [2.24, 2.45) is 0 Å². The topological polar surface area (TPSA) is 62.7 Å². The predicted molar refractivity (Wildman–Crippen MR) is 103 cm³/mol. The van der Waals surface area contributed by atoms with Crippen molar-refractivity contribution in [3.63, 3.8) is 0 Å². The molecular formula is C20H21ClN4O. The minimum Gasteiger partial charge on any atom is -0.313 e. The molecule has 3 aromatic rings. The highest BCUT2D eigenvalue weighted by molar-refractivity contribution is 6.30. The van der Waals surface area contributed by atoms with Crippen LogP contribution in [0, 0.1) is 0 Å². The summed E-state index contributed by atoms with van der Waals surface area (Å²) in [6.07, 6.45) is 5.26. The van der Waals surface area contributed by atoms with Gasteiger partial charge in [-0.25, -0.2) is 9.67 Å². The van der Waals surface area contributed by atoms with E-state index in [0.717, 1.165) is 48.5 Å². The van der Waals surface area contributed by atoms with Gasteiger partial charge in [0.05, 0.1) is 0 Å². The summed E-state index contributed by atoms with van der Waals surface area (Å²) in [5.74, 6) is 0.636. The number of fused-ring (bicyclic) bond motifs is 1. The summed E-state index contributed by atoms with van der Waals surface area (Å²) >= 11 is 6.03. The third-order valence-electron chi connectivity index (χ3n) is 4.88. The van der Waals surface area contributed by atoms with E-state index in [9.17, 15) is 4.79 Å². The van der Waals surface area contributed by atoms with Crippen molar-refractivity contribution >= 4 is 11.6 Å². The van der Waals surface area contributed by atoms with Crippen molar-refractivity contribution < 1.29 is 0 Å². The predicted octanol–water partition coefficient (Wildman–Crippen LogP) is 2.90. The maximum absolute atomic E-state index is 12.7. The van der Waals surface area contributed by atoms with E-state index in [1.807, 2.05) is 36.4 Å². The highest BCUT2D eigenvalue weighted by atomic mass is 35.5. The monoisotopic (exact) mass is 368 g/mol. The number of benzene rings is 1. The van der Waals surface area contributed by atoms with E-state index in [0.29, 0.717) is 11.9 Å². The van der Waals surface area contributed by atoms with Gasteiger partial charge in [-0.05, 0) is 62.1 Å².